The minimum absolute atomic E-state index is 0.0414. The Morgan fingerprint density at radius 2 is 2.29 bits per heavy atom. The van der Waals surface area contributed by atoms with Gasteiger partial charge in [0.2, 0.25) is 0 Å². The maximum absolute atomic E-state index is 11.6. The normalized spacial score (nSPS) is 10.2. The van der Waals surface area contributed by atoms with Crippen molar-refractivity contribution in [2.75, 3.05) is 13.2 Å². The van der Waals surface area contributed by atoms with Gasteiger partial charge in [-0.05, 0) is 25.8 Å². The van der Waals surface area contributed by atoms with Gasteiger partial charge in [-0.15, -0.1) is 11.3 Å². The second kappa shape index (κ2) is 5.12. The fraction of sp³-hybridized carbons (Fsp3) is 0.500. The molecule has 0 unspecified atom stereocenters. The Bertz CT molecular complexity index is 320. The van der Waals surface area contributed by atoms with E-state index in [1.807, 2.05) is 19.2 Å². The molecule has 0 spiro atoms. The van der Waals surface area contributed by atoms with Gasteiger partial charge >= 0.3 is 0 Å². The minimum atomic E-state index is -0.0414. The first-order valence-electron chi connectivity index (χ1n) is 4.60. The summed E-state index contributed by atoms with van der Waals surface area (Å²) in [5.74, 6) is -0.0414. The summed E-state index contributed by atoms with van der Waals surface area (Å²) in [4.78, 5) is 12.7. The lowest BCUT2D eigenvalue weighted by Crippen LogP contribution is -2.25. The molecule has 1 aromatic rings. The van der Waals surface area contributed by atoms with E-state index in [0.29, 0.717) is 13.0 Å². The van der Waals surface area contributed by atoms with Crippen molar-refractivity contribution in [2.45, 2.75) is 20.3 Å². The summed E-state index contributed by atoms with van der Waals surface area (Å²) in [6, 6.07) is 0. The fourth-order valence-corrected chi connectivity index (χ4v) is 1.98. The van der Waals surface area contributed by atoms with Gasteiger partial charge in [0.05, 0.1) is 5.56 Å². The second-order valence-corrected chi connectivity index (χ2v) is 4.25. The Hall–Kier alpha value is -0.870. The van der Waals surface area contributed by atoms with Crippen LogP contribution in [0.1, 0.15) is 27.2 Å². The first kappa shape index (κ1) is 11.2. The highest BCUT2D eigenvalue weighted by Crippen LogP contribution is 2.20. The van der Waals surface area contributed by atoms with E-state index in [2.05, 4.69) is 5.32 Å². The molecule has 1 heterocycles. The molecule has 0 aliphatic carbocycles. The summed E-state index contributed by atoms with van der Waals surface area (Å²) in [5.41, 5.74) is 1.81. The largest absolute Gasteiger partial charge is 0.396 e. The van der Waals surface area contributed by atoms with Gasteiger partial charge in [-0.1, -0.05) is 0 Å². The monoisotopic (exact) mass is 213 g/mol. The smallest absolute Gasteiger partial charge is 0.252 e. The predicted molar refractivity (Wildman–Crippen MR) is 57.8 cm³/mol. The minimum Gasteiger partial charge on any atom is -0.396 e. The van der Waals surface area contributed by atoms with E-state index in [0.717, 1.165) is 11.1 Å². The van der Waals surface area contributed by atoms with Crippen LogP contribution in [-0.4, -0.2) is 24.2 Å². The molecule has 14 heavy (non-hydrogen) atoms. The van der Waals surface area contributed by atoms with Gasteiger partial charge in [-0.2, -0.15) is 0 Å². The molecule has 0 aliphatic heterocycles. The molecule has 0 aliphatic rings. The summed E-state index contributed by atoms with van der Waals surface area (Å²) in [6.45, 7) is 4.60. The first-order chi connectivity index (χ1) is 6.66. The van der Waals surface area contributed by atoms with Gasteiger partial charge in [-0.3, -0.25) is 4.79 Å². The highest BCUT2D eigenvalue weighted by molar-refractivity contribution is 7.10. The Labute approximate surface area is 87.8 Å². The molecular weight excluding hydrogens is 198 g/mol. The zero-order valence-corrected chi connectivity index (χ0v) is 9.28. The van der Waals surface area contributed by atoms with Crippen molar-refractivity contribution in [2.24, 2.45) is 0 Å². The Balaban J connectivity index is 2.56. The van der Waals surface area contributed by atoms with Crippen molar-refractivity contribution < 1.29 is 9.90 Å². The third kappa shape index (κ3) is 2.56. The summed E-state index contributed by atoms with van der Waals surface area (Å²) >= 11 is 1.59. The zero-order valence-electron chi connectivity index (χ0n) is 8.46. The van der Waals surface area contributed by atoms with Gasteiger partial charge < -0.3 is 10.4 Å². The molecule has 0 saturated carbocycles. The van der Waals surface area contributed by atoms with Gasteiger partial charge in [0.1, 0.15) is 0 Å². The molecule has 1 rings (SSSR count). The van der Waals surface area contributed by atoms with Crippen molar-refractivity contribution >= 4 is 17.2 Å². The number of carbonyl (C=O) groups excluding carboxylic acids is 1. The van der Waals surface area contributed by atoms with Crippen molar-refractivity contribution in [3.63, 3.8) is 0 Å². The Morgan fingerprint density at radius 1 is 1.57 bits per heavy atom. The third-order valence-electron chi connectivity index (χ3n) is 2.15. The van der Waals surface area contributed by atoms with Crippen LogP contribution in [0.2, 0.25) is 0 Å². The number of hydrogen-bond donors (Lipinski definition) is 2. The molecule has 2 N–H and O–H groups in total. The van der Waals surface area contributed by atoms with Crippen molar-refractivity contribution in [1.29, 1.82) is 0 Å². The van der Waals surface area contributed by atoms with E-state index >= 15 is 0 Å². The van der Waals surface area contributed by atoms with E-state index in [1.165, 1.54) is 4.88 Å². The molecule has 0 fully saturated rings. The average Bonchev–Trinajstić information content (AvgIpc) is 2.48. The van der Waals surface area contributed by atoms with E-state index in [4.69, 9.17) is 5.11 Å². The molecule has 3 nitrogen and oxygen atoms in total. The number of hydrogen-bond acceptors (Lipinski definition) is 3. The number of aliphatic hydroxyl groups excluding tert-OH is 1. The van der Waals surface area contributed by atoms with Crippen molar-refractivity contribution in [1.82, 2.24) is 5.32 Å². The molecule has 0 bridgehead atoms. The lowest BCUT2D eigenvalue weighted by atomic mass is 10.1. The average molecular weight is 213 g/mol. The van der Waals surface area contributed by atoms with Crippen LogP contribution in [0, 0.1) is 13.8 Å². The SMILES string of the molecule is Cc1scc(C(=O)NCCCO)c1C. The second-order valence-electron chi connectivity index (χ2n) is 3.16. The maximum Gasteiger partial charge on any atom is 0.252 e. The number of aryl methyl sites for hydroxylation is 1. The van der Waals surface area contributed by atoms with E-state index in [1.54, 1.807) is 11.3 Å². The van der Waals surface area contributed by atoms with Crippen LogP contribution in [0.3, 0.4) is 0 Å². The van der Waals surface area contributed by atoms with Gasteiger partial charge in [0.15, 0.2) is 0 Å². The maximum atomic E-state index is 11.6. The Kier molecular flexibility index (Phi) is 4.10. The summed E-state index contributed by atoms with van der Waals surface area (Å²) in [7, 11) is 0. The molecule has 78 valence electrons. The van der Waals surface area contributed by atoms with Crippen LogP contribution in [0.25, 0.3) is 0 Å². The highest BCUT2D eigenvalue weighted by atomic mass is 32.1. The standard InChI is InChI=1S/C10H15NO2S/c1-7-8(2)14-6-9(7)10(13)11-4-3-5-12/h6,12H,3-5H2,1-2H3,(H,11,13). The predicted octanol–water partition coefficient (Wildman–Crippen LogP) is 1.48. The van der Waals surface area contributed by atoms with Crippen molar-refractivity contribution in [3.8, 4) is 0 Å². The van der Waals surface area contributed by atoms with Crippen LogP contribution < -0.4 is 5.32 Å². The fourth-order valence-electron chi connectivity index (χ4n) is 1.11. The molecule has 1 amide bonds. The number of amides is 1. The van der Waals surface area contributed by atoms with Gasteiger partial charge in [0.25, 0.3) is 5.91 Å². The molecule has 0 atom stereocenters. The lowest BCUT2D eigenvalue weighted by molar-refractivity contribution is 0.0951. The van der Waals surface area contributed by atoms with Crippen LogP contribution in [-0.2, 0) is 0 Å². The van der Waals surface area contributed by atoms with Gasteiger partial charge in [-0.25, -0.2) is 0 Å². The van der Waals surface area contributed by atoms with E-state index in [9.17, 15) is 4.79 Å². The molecule has 0 saturated heterocycles. The van der Waals surface area contributed by atoms with Crippen LogP contribution in [0.5, 0.6) is 0 Å². The molecule has 4 heteroatoms. The van der Waals surface area contributed by atoms with Crippen LogP contribution in [0.4, 0.5) is 0 Å². The highest BCUT2D eigenvalue weighted by Gasteiger charge is 2.11. The molecule has 0 aromatic carbocycles. The third-order valence-corrected chi connectivity index (χ3v) is 3.16. The Morgan fingerprint density at radius 3 is 2.79 bits per heavy atom. The molecule has 0 radical (unpaired) electrons. The lowest BCUT2D eigenvalue weighted by Gasteiger charge is -2.03. The molecular formula is C10H15NO2S. The van der Waals surface area contributed by atoms with Gasteiger partial charge in [0, 0.05) is 23.4 Å². The van der Waals surface area contributed by atoms with E-state index in [-0.39, 0.29) is 12.5 Å². The number of nitrogens with one attached hydrogen (secondary N) is 1. The van der Waals surface area contributed by atoms with Crippen LogP contribution in [0.15, 0.2) is 5.38 Å². The summed E-state index contributed by atoms with van der Waals surface area (Å²) in [5, 5.41) is 13.2. The topological polar surface area (TPSA) is 49.3 Å². The quantitative estimate of drug-likeness (QED) is 0.744. The number of aliphatic hydroxyl groups is 1. The van der Waals surface area contributed by atoms with Crippen LogP contribution >= 0.6 is 11.3 Å². The summed E-state index contributed by atoms with van der Waals surface area (Å²) in [6.07, 6.45) is 0.605. The van der Waals surface area contributed by atoms with E-state index < -0.39 is 0 Å². The molecule has 1 aromatic heterocycles. The zero-order chi connectivity index (χ0) is 10.6. The number of thiophene rings is 1. The number of carbonyl (C=O) groups is 1. The first-order valence-corrected chi connectivity index (χ1v) is 5.48. The van der Waals surface area contributed by atoms with Crippen molar-refractivity contribution in [3.05, 3.63) is 21.4 Å². The number of rotatable bonds is 4. The summed E-state index contributed by atoms with van der Waals surface area (Å²) < 4.78 is 0.